The summed E-state index contributed by atoms with van der Waals surface area (Å²) in [5.41, 5.74) is 3.22. The molecule has 0 aliphatic carbocycles. The summed E-state index contributed by atoms with van der Waals surface area (Å²) in [6.07, 6.45) is 0. The molecule has 1 amide bonds. The molecule has 0 fully saturated rings. The van der Waals surface area contributed by atoms with Gasteiger partial charge in [0.2, 0.25) is 5.71 Å². The number of amides is 1. The molecule has 0 atom stereocenters. The summed E-state index contributed by atoms with van der Waals surface area (Å²) in [6.45, 7) is 0.0714. The van der Waals surface area contributed by atoms with Crippen LogP contribution in [0.3, 0.4) is 0 Å². The van der Waals surface area contributed by atoms with Gasteiger partial charge in [-0.05, 0) is 24.3 Å². The van der Waals surface area contributed by atoms with Crippen molar-refractivity contribution < 1.29 is 9.90 Å². The van der Waals surface area contributed by atoms with Gasteiger partial charge < -0.3 is 10.4 Å². The minimum absolute atomic E-state index is 0.120. The number of rotatable bonds is 5. The minimum atomic E-state index is -0.293. The van der Waals surface area contributed by atoms with E-state index >= 15 is 0 Å². The highest BCUT2D eigenvalue weighted by Gasteiger charge is 2.03. The first kappa shape index (κ1) is 14.2. The number of hydrogen-bond acceptors (Lipinski definition) is 6. The van der Waals surface area contributed by atoms with Gasteiger partial charge >= 0.3 is 0 Å². The number of nitriles is 2. The first-order valence-electron chi connectivity index (χ1n) is 5.34. The van der Waals surface area contributed by atoms with Gasteiger partial charge in [-0.25, -0.2) is 0 Å². The molecule has 0 bridgehead atoms. The van der Waals surface area contributed by atoms with Crippen molar-refractivity contribution in [2.45, 2.75) is 0 Å². The smallest absolute Gasteiger partial charge is 0.251 e. The van der Waals surface area contributed by atoms with Gasteiger partial charge in [0.15, 0.2) is 0 Å². The van der Waals surface area contributed by atoms with Crippen LogP contribution in [0.5, 0.6) is 0 Å². The van der Waals surface area contributed by atoms with Crippen molar-refractivity contribution in [3.05, 3.63) is 29.8 Å². The second-order valence-electron chi connectivity index (χ2n) is 3.35. The predicted octanol–water partition coefficient (Wildman–Crippen LogP) is 0.224. The molecule has 1 aromatic carbocycles. The monoisotopic (exact) mass is 257 g/mol. The average molecular weight is 257 g/mol. The van der Waals surface area contributed by atoms with Crippen LogP contribution in [0.1, 0.15) is 10.4 Å². The highest BCUT2D eigenvalue weighted by Crippen LogP contribution is 2.09. The minimum Gasteiger partial charge on any atom is -0.395 e. The zero-order valence-corrected chi connectivity index (χ0v) is 9.92. The van der Waals surface area contributed by atoms with Crippen LogP contribution >= 0.6 is 0 Å². The second-order valence-corrected chi connectivity index (χ2v) is 3.35. The van der Waals surface area contributed by atoms with Crippen molar-refractivity contribution in [3.8, 4) is 12.1 Å². The third-order valence-corrected chi connectivity index (χ3v) is 2.05. The van der Waals surface area contributed by atoms with Crippen LogP contribution in [0.15, 0.2) is 29.4 Å². The van der Waals surface area contributed by atoms with Crippen LogP contribution in [0.4, 0.5) is 5.69 Å². The lowest BCUT2D eigenvalue weighted by atomic mass is 10.2. The van der Waals surface area contributed by atoms with E-state index in [1.807, 2.05) is 0 Å². The Balaban J connectivity index is 2.67. The molecular weight excluding hydrogens is 246 g/mol. The molecule has 0 aliphatic rings. The van der Waals surface area contributed by atoms with E-state index in [0.29, 0.717) is 11.3 Å². The maximum absolute atomic E-state index is 11.5. The van der Waals surface area contributed by atoms with E-state index < -0.39 is 0 Å². The molecule has 3 N–H and O–H groups in total. The Morgan fingerprint density at radius 1 is 1.26 bits per heavy atom. The Labute approximate surface area is 109 Å². The molecule has 1 aromatic rings. The molecule has 1 rings (SSSR count). The first-order chi connectivity index (χ1) is 9.21. The normalized spacial score (nSPS) is 8.79. The number of carbonyl (C=O) groups is 1. The summed E-state index contributed by atoms with van der Waals surface area (Å²) < 4.78 is 0. The Hall–Kier alpha value is -2.90. The molecular formula is C12H11N5O2. The number of aliphatic hydroxyl groups excluding tert-OH is 1. The van der Waals surface area contributed by atoms with Gasteiger partial charge in [-0.1, -0.05) is 0 Å². The van der Waals surface area contributed by atoms with Crippen LogP contribution < -0.4 is 10.7 Å². The number of anilines is 1. The summed E-state index contributed by atoms with van der Waals surface area (Å²) >= 11 is 0. The summed E-state index contributed by atoms with van der Waals surface area (Å²) in [7, 11) is 0. The fourth-order valence-corrected chi connectivity index (χ4v) is 1.16. The van der Waals surface area contributed by atoms with Gasteiger partial charge in [-0.15, -0.1) is 0 Å². The van der Waals surface area contributed by atoms with Crippen LogP contribution in [0, 0.1) is 22.7 Å². The zero-order valence-electron chi connectivity index (χ0n) is 9.92. The molecule has 7 heteroatoms. The van der Waals surface area contributed by atoms with E-state index in [9.17, 15) is 4.79 Å². The molecule has 96 valence electrons. The maximum Gasteiger partial charge on any atom is 0.251 e. The quantitative estimate of drug-likeness (QED) is 0.514. The summed E-state index contributed by atoms with van der Waals surface area (Å²) in [4.78, 5) is 11.5. The number of hydrogen-bond donors (Lipinski definition) is 3. The van der Waals surface area contributed by atoms with Crippen molar-refractivity contribution in [3.63, 3.8) is 0 Å². The van der Waals surface area contributed by atoms with Crippen molar-refractivity contribution in [2.75, 3.05) is 18.6 Å². The van der Waals surface area contributed by atoms with E-state index in [-0.39, 0.29) is 24.8 Å². The van der Waals surface area contributed by atoms with E-state index in [4.69, 9.17) is 15.6 Å². The number of aliphatic hydroxyl groups is 1. The lowest BCUT2D eigenvalue weighted by Gasteiger charge is -2.04. The van der Waals surface area contributed by atoms with Crippen LogP contribution in [0.2, 0.25) is 0 Å². The molecule has 19 heavy (non-hydrogen) atoms. The first-order valence-corrected chi connectivity index (χ1v) is 5.34. The summed E-state index contributed by atoms with van der Waals surface area (Å²) in [6, 6.07) is 9.52. The van der Waals surface area contributed by atoms with Gasteiger partial charge in [-0.2, -0.15) is 15.6 Å². The number of hydrazone groups is 1. The molecule has 0 saturated heterocycles. The second kappa shape index (κ2) is 7.43. The van der Waals surface area contributed by atoms with Crippen molar-refractivity contribution in [1.29, 1.82) is 10.5 Å². The SMILES string of the molecule is N#CC(C#N)=NNc1ccc(C(=O)NCCO)cc1. The van der Waals surface area contributed by atoms with Gasteiger partial charge in [-0.3, -0.25) is 10.2 Å². The lowest BCUT2D eigenvalue weighted by molar-refractivity contribution is 0.0945. The molecule has 0 radical (unpaired) electrons. The number of nitrogens with zero attached hydrogens (tertiary/aromatic N) is 3. The Kier molecular flexibility index (Phi) is 5.54. The van der Waals surface area contributed by atoms with Gasteiger partial charge in [0.05, 0.1) is 12.3 Å². The van der Waals surface area contributed by atoms with Crippen LogP contribution in [-0.4, -0.2) is 29.9 Å². The summed E-state index contributed by atoms with van der Waals surface area (Å²) in [5.74, 6) is -0.293. The van der Waals surface area contributed by atoms with Gasteiger partial charge in [0, 0.05) is 12.1 Å². The van der Waals surface area contributed by atoms with Gasteiger partial charge in [0.1, 0.15) is 12.1 Å². The maximum atomic E-state index is 11.5. The Morgan fingerprint density at radius 2 is 1.89 bits per heavy atom. The molecule has 0 heterocycles. The molecule has 0 aromatic heterocycles. The third kappa shape index (κ3) is 4.46. The topological polar surface area (TPSA) is 121 Å². The molecule has 0 unspecified atom stereocenters. The third-order valence-electron chi connectivity index (χ3n) is 2.05. The van der Waals surface area contributed by atoms with E-state index in [0.717, 1.165) is 0 Å². The number of nitrogens with one attached hydrogen (secondary N) is 2. The largest absolute Gasteiger partial charge is 0.395 e. The Bertz CT molecular complexity index is 535. The standard InChI is InChI=1S/C12H11N5O2/c13-7-11(8-14)17-16-10-3-1-9(2-4-10)12(19)15-5-6-18/h1-4,16,18H,5-6H2,(H,15,19). The fraction of sp³-hybridized carbons (Fsp3) is 0.167. The van der Waals surface area contributed by atoms with E-state index in [2.05, 4.69) is 15.8 Å². The average Bonchev–Trinajstić information content (AvgIpc) is 2.46. The van der Waals surface area contributed by atoms with Crippen LogP contribution in [0.25, 0.3) is 0 Å². The van der Waals surface area contributed by atoms with Gasteiger partial charge in [0.25, 0.3) is 5.91 Å². The molecule has 0 spiro atoms. The number of carbonyl (C=O) groups excluding carboxylic acids is 1. The van der Waals surface area contributed by atoms with Crippen molar-refractivity contribution >= 4 is 17.3 Å². The predicted molar refractivity (Wildman–Crippen MR) is 68.1 cm³/mol. The zero-order chi connectivity index (χ0) is 14.1. The Morgan fingerprint density at radius 3 is 2.42 bits per heavy atom. The molecule has 0 aliphatic heterocycles. The molecule has 0 saturated carbocycles. The van der Waals surface area contributed by atoms with Crippen LogP contribution in [-0.2, 0) is 0 Å². The number of benzene rings is 1. The fourth-order valence-electron chi connectivity index (χ4n) is 1.16. The summed E-state index contributed by atoms with van der Waals surface area (Å²) in [5, 5.41) is 31.6. The highest BCUT2D eigenvalue weighted by atomic mass is 16.3. The molecule has 7 nitrogen and oxygen atoms in total. The lowest BCUT2D eigenvalue weighted by Crippen LogP contribution is -2.26. The van der Waals surface area contributed by atoms with E-state index in [1.165, 1.54) is 0 Å². The van der Waals surface area contributed by atoms with Crippen molar-refractivity contribution in [1.82, 2.24) is 5.32 Å². The van der Waals surface area contributed by atoms with Crippen molar-refractivity contribution in [2.24, 2.45) is 5.10 Å². The highest BCUT2D eigenvalue weighted by molar-refractivity contribution is 6.10. The van der Waals surface area contributed by atoms with E-state index in [1.54, 1.807) is 36.4 Å².